The van der Waals surface area contributed by atoms with Crippen LogP contribution >= 0.6 is 0 Å². The molecule has 0 amide bonds. The molecule has 9 heteroatoms. The van der Waals surface area contributed by atoms with Gasteiger partial charge in [-0.15, -0.1) is 0 Å². The molecule has 0 N–H and O–H groups in total. The topological polar surface area (TPSA) is 98.8 Å². The smallest absolute Gasteiger partial charge is 0.493 e. The molecule has 0 unspecified atom stereocenters. The molecule has 9 nitrogen and oxygen atoms in total. The van der Waals surface area contributed by atoms with Gasteiger partial charge in [0.1, 0.15) is 5.56 Å². The van der Waals surface area contributed by atoms with Gasteiger partial charge in [-0.2, -0.15) is 0 Å². The Hall–Kier alpha value is -2.52. The van der Waals surface area contributed by atoms with Crippen molar-refractivity contribution in [2.75, 3.05) is 27.9 Å². The van der Waals surface area contributed by atoms with Crippen LogP contribution in [-0.4, -0.2) is 45.7 Å². The number of hydrogen-bond acceptors (Lipinski definition) is 9. The van der Waals surface area contributed by atoms with Crippen molar-refractivity contribution in [1.82, 2.24) is 0 Å². The lowest BCUT2D eigenvalue weighted by Gasteiger charge is -2.21. The number of methoxy groups -OCH3 is 3. The van der Waals surface area contributed by atoms with Crippen LogP contribution < -0.4 is 9.47 Å². The first-order valence-corrected chi connectivity index (χ1v) is 7.33. The van der Waals surface area contributed by atoms with E-state index < -0.39 is 17.7 Å². The van der Waals surface area contributed by atoms with E-state index >= 15 is 0 Å². The first-order valence-electron chi connectivity index (χ1n) is 7.33. The van der Waals surface area contributed by atoms with Crippen molar-refractivity contribution in [3.05, 3.63) is 23.8 Å². The summed E-state index contributed by atoms with van der Waals surface area (Å²) >= 11 is 0. The van der Waals surface area contributed by atoms with Crippen LogP contribution in [0, 0.1) is 0 Å². The van der Waals surface area contributed by atoms with Gasteiger partial charge >= 0.3 is 12.1 Å². The minimum atomic E-state index is -1.16. The summed E-state index contributed by atoms with van der Waals surface area (Å²) < 4.78 is 20.1. The molecule has 140 valence electrons. The Balaban J connectivity index is 2.44. The fourth-order valence-corrected chi connectivity index (χ4v) is 1.67. The van der Waals surface area contributed by atoms with Crippen molar-refractivity contribution < 1.29 is 43.3 Å². The molecule has 0 aliphatic rings. The number of rotatable bonds is 9. The highest BCUT2D eigenvalue weighted by atomic mass is 17.5. The molecule has 0 aromatic heterocycles. The second kappa shape index (κ2) is 9.70. The van der Waals surface area contributed by atoms with Gasteiger partial charge in [-0.3, -0.25) is 4.89 Å². The van der Waals surface area contributed by atoms with Gasteiger partial charge in [0.25, 0.3) is 0 Å². The zero-order valence-electron chi connectivity index (χ0n) is 14.8. The van der Waals surface area contributed by atoms with Crippen molar-refractivity contribution in [3.63, 3.8) is 0 Å². The highest BCUT2D eigenvalue weighted by Gasteiger charge is 2.21. The van der Waals surface area contributed by atoms with Gasteiger partial charge in [0.2, 0.25) is 0 Å². The number of para-hydroxylation sites is 1. The molecule has 1 aromatic carbocycles. The maximum absolute atomic E-state index is 11.9. The normalized spacial score (nSPS) is 10.8. The molecule has 1 aromatic rings. The van der Waals surface area contributed by atoms with Gasteiger partial charge in [-0.05, 0) is 26.0 Å². The maximum atomic E-state index is 11.9. The summed E-state index contributed by atoms with van der Waals surface area (Å²) in [5, 5.41) is 4.14. The number of carbonyl (C=O) groups is 2. The largest absolute Gasteiger partial charge is 0.543 e. The lowest BCUT2D eigenvalue weighted by molar-refractivity contribution is -0.452. The van der Waals surface area contributed by atoms with Crippen LogP contribution in [0.3, 0.4) is 0 Å². The van der Waals surface area contributed by atoms with Gasteiger partial charge < -0.3 is 18.9 Å². The maximum Gasteiger partial charge on any atom is 0.543 e. The van der Waals surface area contributed by atoms with E-state index in [9.17, 15) is 9.59 Å². The first-order chi connectivity index (χ1) is 11.8. The van der Waals surface area contributed by atoms with Crippen molar-refractivity contribution in [2.24, 2.45) is 0 Å². The van der Waals surface area contributed by atoms with Crippen molar-refractivity contribution in [2.45, 2.75) is 25.9 Å². The quantitative estimate of drug-likeness (QED) is 0.375. The lowest BCUT2D eigenvalue weighted by Crippen LogP contribution is -2.25. The van der Waals surface area contributed by atoms with E-state index in [-0.39, 0.29) is 17.9 Å². The second-order valence-electron chi connectivity index (χ2n) is 5.38. The number of hydrogen-bond donors (Lipinski definition) is 0. The van der Waals surface area contributed by atoms with E-state index in [1.165, 1.54) is 20.3 Å². The molecule has 0 radical (unpaired) electrons. The predicted octanol–water partition coefficient (Wildman–Crippen LogP) is 2.68. The molecule has 0 spiro atoms. The Morgan fingerprint density at radius 3 is 2.36 bits per heavy atom. The molecule has 0 aliphatic carbocycles. The summed E-state index contributed by atoms with van der Waals surface area (Å²) in [7, 11) is 4.34. The zero-order valence-corrected chi connectivity index (χ0v) is 14.8. The average molecular weight is 358 g/mol. The predicted molar refractivity (Wildman–Crippen MR) is 84.2 cm³/mol. The van der Waals surface area contributed by atoms with Crippen LogP contribution in [0.25, 0.3) is 0 Å². The van der Waals surface area contributed by atoms with Gasteiger partial charge in [0.05, 0.1) is 31.5 Å². The van der Waals surface area contributed by atoms with Crippen LogP contribution in [0.15, 0.2) is 18.2 Å². The second-order valence-corrected chi connectivity index (χ2v) is 5.38. The third-order valence-electron chi connectivity index (χ3n) is 3.31. The van der Waals surface area contributed by atoms with Crippen LogP contribution in [-0.2, 0) is 24.3 Å². The molecule has 0 fully saturated rings. The van der Waals surface area contributed by atoms with Crippen LogP contribution in [0.4, 0.5) is 4.79 Å². The van der Waals surface area contributed by atoms with Gasteiger partial charge in [0, 0.05) is 13.5 Å². The Kier molecular flexibility index (Phi) is 7.96. The molecular formula is C16H22O9. The molecule has 0 heterocycles. The van der Waals surface area contributed by atoms with Crippen molar-refractivity contribution in [1.29, 1.82) is 0 Å². The summed E-state index contributed by atoms with van der Waals surface area (Å²) in [5.41, 5.74) is -0.420. The van der Waals surface area contributed by atoms with E-state index in [0.29, 0.717) is 12.2 Å². The Bertz CT molecular complexity index is 583. The average Bonchev–Trinajstić information content (AvgIpc) is 2.60. The third kappa shape index (κ3) is 6.48. The van der Waals surface area contributed by atoms with Crippen molar-refractivity contribution >= 4 is 12.1 Å². The first kappa shape index (κ1) is 20.5. The Morgan fingerprint density at radius 1 is 1.04 bits per heavy atom. The van der Waals surface area contributed by atoms with E-state index in [2.05, 4.69) is 14.8 Å². The molecular weight excluding hydrogens is 336 g/mol. The van der Waals surface area contributed by atoms with Crippen molar-refractivity contribution in [3.8, 4) is 11.5 Å². The summed E-state index contributed by atoms with van der Waals surface area (Å²) in [4.78, 5) is 31.8. The van der Waals surface area contributed by atoms with Crippen LogP contribution in [0.1, 0.15) is 30.6 Å². The Labute approximate surface area is 145 Å². The van der Waals surface area contributed by atoms with E-state index in [1.54, 1.807) is 19.2 Å². The minimum Gasteiger partial charge on any atom is -0.493 e. The highest BCUT2D eigenvalue weighted by Crippen LogP contribution is 2.31. The third-order valence-corrected chi connectivity index (χ3v) is 3.31. The summed E-state index contributed by atoms with van der Waals surface area (Å²) in [6.07, 6.45) is -0.711. The molecule has 0 aliphatic heterocycles. The lowest BCUT2D eigenvalue weighted by atomic mass is 10.1. The molecule has 0 saturated heterocycles. The molecule has 0 bridgehead atoms. The summed E-state index contributed by atoms with van der Waals surface area (Å²) in [5.74, 6) is -0.454. The summed E-state index contributed by atoms with van der Waals surface area (Å²) in [6, 6.07) is 4.59. The number of carbonyl (C=O) groups excluding carboxylic acids is 2. The number of benzene rings is 1. The fraction of sp³-hybridized carbons (Fsp3) is 0.500. The summed E-state index contributed by atoms with van der Waals surface area (Å²) in [6.45, 7) is 3.71. The molecule has 1 rings (SSSR count). The van der Waals surface area contributed by atoms with E-state index in [1.807, 2.05) is 13.8 Å². The van der Waals surface area contributed by atoms with Crippen LogP contribution in [0.2, 0.25) is 0 Å². The minimum absolute atomic E-state index is 0.0284. The van der Waals surface area contributed by atoms with Gasteiger partial charge in [-0.25, -0.2) is 14.5 Å². The van der Waals surface area contributed by atoms with Gasteiger partial charge in [0.15, 0.2) is 11.5 Å². The fourth-order valence-electron chi connectivity index (χ4n) is 1.67. The van der Waals surface area contributed by atoms with E-state index in [4.69, 9.17) is 18.9 Å². The van der Waals surface area contributed by atoms with Gasteiger partial charge in [-0.1, -0.05) is 6.07 Å². The molecule has 0 saturated carbocycles. The van der Waals surface area contributed by atoms with E-state index in [0.717, 1.165) is 0 Å². The highest BCUT2D eigenvalue weighted by molar-refractivity contribution is 5.93. The molecule has 0 atom stereocenters. The Morgan fingerprint density at radius 2 is 1.76 bits per heavy atom. The SMILES string of the molecule is COc1cccc(C(=O)OOOC(=O)OCCC(C)(C)OC)c1OC. The zero-order chi connectivity index (χ0) is 18.9. The number of ether oxygens (including phenoxy) is 4. The van der Waals surface area contributed by atoms with Crippen LogP contribution in [0.5, 0.6) is 11.5 Å². The monoisotopic (exact) mass is 358 g/mol. The standard InChI is InChI=1S/C16H22O9/c1-16(2,21-5)9-10-22-15(18)24-25-23-14(17)11-7-6-8-12(19-3)13(11)20-4/h6-8H,9-10H2,1-5H3. The molecule has 25 heavy (non-hydrogen) atoms.